The Kier molecular flexibility index (Phi) is 4.73. The van der Waals surface area contributed by atoms with Gasteiger partial charge in [0.15, 0.2) is 32.0 Å². The summed E-state index contributed by atoms with van der Waals surface area (Å²) in [5.41, 5.74) is 2.81. The van der Waals surface area contributed by atoms with Crippen LogP contribution in [0, 0.1) is 0 Å². The molecule has 1 aliphatic rings. The normalized spacial score (nSPS) is 14.7. The standard InChI is InChI=1S/C19H16F2N6O6S/c1-4-34(29,30)18-14(15-22-6-5-10(27(15)24-18)17(28)25-31-3)16-23-9-7-12-13(8-11(9)26(16)2)33-19(20,21)32-12/h5-8H,4H2,1-3H3,(H,25,28). The number of hydrogen-bond donors (Lipinski definition) is 1. The molecular weight excluding hydrogens is 478 g/mol. The number of ether oxygens (including phenoxy) is 2. The molecule has 0 radical (unpaired) electrons. The SMILES string of the molecule is CCS(=O)(=O)c1nn2c(C(=O)NOC)ccnc2c1-c1nc2cc3c(cc2n1C)OC(F)(F)O3. The van der Waals surface area contributed by atoms with Gasteiger partial charge in [-0.1, -0.05) is 6.92 Å². The number of aromatic nitrogens is 5. The number of amides is 1. The van der Waals surface area contributed by atoms with Crippen molar-refractivity contribution in [2.24, 2.45) is 7.05 Å². The number of halogens is 2. The van der Waals surface area contributed by atoms with Gasteiger partial charge in [-0.3, -0.25) is 9.63 Å². The van der Waals surface area contributed by atoms with E-state index < -0.39 is 22.0 Å². The minimum absolute atomic E-state index is 0.0348. The Morgan fingerprint density at radius 3 is 2.65 bits per heavy atom. The summed E-state index contributed by atoms with van der Waals surface area (Å²) in [5, 5.41) is 3.83. The minimum Gasteiger partial charge on any atom is -0.395 e. The molecule has 1 aliphatic heterocycles. The Hall–Kier alpha value is -3.85. The number of hydrogen-bond acceptors (Lipinski definition) is 9. The molecule has 0 spiro atoms. The van der Waals surface area contributed by atoms with E-state index in [2.05, 4.69) is 34.9 Å². The summed E-state index contributed by atoms with van der Waals surface area (Å²) in [7, 11) is -1.09. The van der Waals surface area contributed by atoms with Crippen LogP contribution >= 0.6 is 0 Å². The monoisotopic (exact) mass is 494 g/mol. The van der Waals surface area contributed by atoms with Crippen LogP contribution in [0.5, 0.6) is 11.5 Å². The summed E-state index contributed by atoms with van der Waals surface area (Å²) >= 11 is 0. The van der Waals surface area contributed by atoms with Crippen LogP contribution in [-0.4, -0.2) is 57.6 Å². The zero-order valence-electron chi connectivity index (χ0n) is 17.9. The highest BCUT2D eigenvalue weighted by Gasteiger charge is 2.44. The van der Waals surface area contributed by atoms with Gasteiger partial charge in [-0.2, -0.15) is 5.10 Å². The van der Waals surface area contributed by atoms with E-state index in [4.69, 9.17) is 0 Å². The molecule has 0 bridgehead atoms. The molecule has 0 unspecified atom stereocenters. The van der Waals surface area contributed by atoms with E-state index in [0.717, 1.165) is 4.52 Å². The van der Waals surface area contributed by atoms with Gasteiger partial charge in [-0.05, 0) is 6.07 Å². The molecule has 0 saturated carbocycles. The lowest BCUT2D eigenvalue weighted by molar-refractivity contribution is -0.286. The summed E-state index contributed by atoms with van der Waals surface area (Å²) in [6.07, 6.45) is -2.48. The van der Waals surface area contributed by atoms with E-state index in [1.165, 1.54) is 43.0 Å². The number of nitrogens with one attached hydrogen (secondary N) is 1. The lowest BCUT2D eigenvalue weighted by Crippen LogP contribution is -2.25. The van der Waals surface area contributed by atoms with Crippen LogP contribution in [0.3, 0.4) is 0 Å². The fourth-order valence-corrected chi connectivity index (χ4v) is 4.63. The lowest BCUT2D eigenvalue weighted by atomic mass is 10.3. The Morgan fingerprint density at radius 1 is 1.26 bits per heavy atom. The second-order valence-corrected chi connectivity index (χ2v) is 9.43. The van der Waals surface area contributed by atoms with Gasteiger partial charge in [0, 0.05) is 25.4 Å². The lowest BCUT2D eigenvalue weighted by Gasteiger charge is -2.05. The molecule has 12 nitrogen and oxygen atoms in total. The van der Waals surface area contributed by atoms with Crippen molar-refractivity contribution in [1.29, 1.82) is 0 Å². The van der Waals surface area contributed by atoms with Gasteiger partial charge in [0.25, 0.3) is 5.91 Å². The fraction of sp³-hybridized carbons (Fsp3) is 0.263. The zero-order valence-corrected chi connectivity index (χ0v) is 18.7. The fourth-order valence-electron chi connectivity index (χ4n) is 3.65. The highest BCUT2D eigenvalue weighted by molar-refractivity contribution is 7.91. The predicted molar refractivity (Wildman–Crippen MR) is 111 cm³/mol. The molecule has 34 heavy (non-hydrogen) atoms. The average molecular weight is 494 g/mol. The largest absolute Gasteiger partial charge is 0.586 e. The van der Waals surface area contributed by atoms with Crippen LogP contribution in [0.25, 0.3) is 28.1 Å². The first-order chi connectivity index (χ1) is 16.1. The Labute approximate surface area is 189 Å². The van der Waals surface area contributed by atoms with Gasteiger partial charge in [0.05, 0.1) is 23.9 Å². The number of alkyl halides is 2. The number of sulfone groups is 1. The molecule has 0 fully saturated rings. The highest BCUT2D eigenvalue weighted by Crippen LogP contribution is 2.44. The van der Waals surface area contributed by atoms with Gasteiger partial charge >= 0.3 is 6.29 Å². The van der Waals surface area contributed by atoms with Crippen molar-refractivity contribution in [3.05, 3.63) is 30.1 Å². The Morgan fingerprint density at radius 2 is 1.97 bits per heavy atom. The van der Waals surface area contributed by atoms with Gasteiger partial charge in [0.1, 0.15) is 17.1 Å². The molecule has 0 saturated heterocycles. The van der Waals surface area contributed by atoms with E-state index in [0.29, 0.717) is 5.52 Å². The number of aryl methyl sites for hydroxylation is 1. The quantitative estimate of drug-likeness (QED) is 0.411. The number of carbonyl (C=O) groups excluding carboxylic acids is 1. The van der Waals surface area contributed by atoms with Crippen LogP contribution in [-0.2, 0) is 21.7 Å². The van der Waals surface area contributed by atoms with Crippen LogP contribution in [0.4, 0.5) is 8.78 Å². The third kappa shape index (κ3) is 3.23. The summed E-state index contributed by atoms with van der Waals surface area (Å²) in [4.78, 5) is 25.8. The van der Waals surface area contributed by atoms with E-state index >= 15 is 0 Å². The first kappa shape index (κ1) is 22.0. The maximum absolute atomic E-state index is 13.5. The molecule has 1 aromatic carbocycles. The first-order valence-corrected chi connectivity index (χ1v) is 11.4. The smallest absolute Gasteiger partial charge is 0.395 e. The maximum Gasteiger partial charge on any atom is 0.586 e. The molecule has 5 rings (SSSR count). The summed E-state index contributed by atoms with van der Waals surface area (Å²) in [6.45, 7) is 1.45. The second kappa shape index (κ2) is 7.33. The molecule has 0 atom stereocenters. The maximum atomic E-state index is 13.5. The van der Waals surface area contributed by atoms with Crippen molar-refractivity contribution in [2.45, 2.75) is 18.2 Å². The van der Waals surface area contributed by atoms with Crippen LogP contribution in [0.15, 0.2) is 29.4 Å². The van der Waals surface area contributed by atoms with Crippen molar-refractivity contribution in [3.8, 4) is 22.9 Å². The van der Waals surface area contributed by atoms with Crippen LogP contribution < -0.4 is 15.0 Å². The highest BCUT2D eigenvalue weighted by atomic mass is 32.2. The van der Waals surface area contributed by atoms with Crippen molar-refractivity contribution >= 4 is 32.4 Å². The van der Waals surface area contributed by atoms with Gasteiger partial charge in [-0.15, -0.1) is 8.78 Å². The molecule has 178 valence electrons. The topological polar surface area (TPSA) is 139 Å². The first-order valence-electron chi connectivity index (χ1n) is 9.77. The average Bonchev–Trinajstić information content (AvgIpc) is 3.41. The minimum atomic E-state index is -3.91. The van der Waals surface area contributed by atoms with Crippen molar-refractivity contribution in [2.75, 3.05) is 12.9 Å². The van der Waals surface area contributed by atoms with Crippen molar-refractivity contribution < 1.29 is 36.3 Å². The summed E-state index contributed by atoms with van der Waals surface area (Å²) in [5.74, 6) is -1.23. The molecule has 4 heterocycles. The second-order valence-electron chi connectivity index (χ2n) is 7.23. The van der Waals surface area contributed by atoms with E-state index in [-0.39, 0.29) is 50.5 Å². The number of benzene rings is 1. The van der Waals surface area contributed by atoms with E-state index in [1.807, 2.05) is 0 Å². The third-order valence-corrected chi connectivity index (χ3v) is 6.85. The number of rotatable bonds is 5. The predicted octanol–water partition coefficient (Wildman–Crippen LogP) is 1.69. The molecule has 1 N–H and O–H groups in total. The van der Waals surface area contributed by atoms with Crippen molar-refractivity contribution in [3.63, 3.8) is 0 Å². The molecular formula is C19H16F2N6O6S. The summed E-state index contributed by atoms with van der Waals surface area (Å²) < 4.78 is 64.4. The zero-order chi connectivity index (χ0) is 24.4. The van der Waals surface area contributed by atoms with Crippen molar-refractivity contribution in [1.82, 2.24) is 29.6 Å². The number of carbonyl (C=O) groups is 1. The van der Waals surface area contributed by atoms with Gasteiger partial charge < -0.3 is 14.0 Å². The Bertz CT molecular complexity index is 1600. The van der Waals surface area contributed by atoms with Gasteiger partial charge in [-0.25, -0.2) is 28.4 Å². The molecule has 3 aromatic heterocycles. The number of hydroxylamine groups is 1. The third-order valence-electron chi connectivity index (χ3n) is 5.22. The Balaban J connectivity index is 1.80. The van der Waals surface area contributed by atoms with Crippen LogP contribution in [0.2, 0.25) is 0 Å². The van der Waals surface area contributed by atoms with Crippen LogP contribution in [0.1, 0.15) is 17.4 Å². The summed E-state index contributed by atoms with van der Waals surface area (Å²) in [6, 6.07) is 3.92. The van der Waals surface area contributed by atoms with E-state index in [1.54, 1.807) is 7.05 Å². The molecule has 4 aromatic rings. The molecule has 1 amide bonds. The molecule has 0 aliphatic carbocycles. The van der Waals surface area contributed by atoms with Gasteiger partial charge in [0.2, 0.25) is 0 Å². The van der Waals surface area contributed by atoms with E-state index in [9.17, 15) is 22.0 Å². The number of nitrogens with zero attached hydrogens (tertiary/aromatic N) is 5. The number of fused-ring (bicyclic) bond motifs is 3. The number of imidazole rings is 1. The molecule has 15 heteroatoms.